The molecule has 0 radical (unpaired) electrons. The lowest BCUT2D eigenvalue weighted by molar-refractivity contribution is 0.0730. The first-order chi connectivity index (χ1) is 9.16. The first-order valence-electron chi connectivity index (χ1n) is 6.44. The number of benzene rings is 1. The Labute approximate surface area is 120 Å². The van der Waals surface area contributed by atoms with E-state index in [0.29, 0.717) is 0 Å². The maximum absolute atomic E-state index is 12.5. The summed E-state index contributed by atoms with van der Waals surface area (Å²) in [6.07, 6.45) is 0. The Bertz CT molecular complexity index is 629. The van der Waals surface area contributed by atoms with Crippen molar-refractivity contribution in [2.24, 2.45) is 0 Å². The molecule has 2 N–H and O–H groups in total. The third kappa shape index (κ3) is 2.28. The first-order valence-corrected chi connectivity index (χ1v) is 7.24. The summed E-state index contributed by atoms with van der Waals surface area (Å²) in [7, 11) is 0. The molecule has 3 rings (SSSR count). The highest BCUT2D eigenvalue weighted by molar-refractivity contribution is 9.10. The van der Waals surface area contributed by atoms with Crippen LogP contribution in [0.15, 0.2) is 22.7 Å². The minimum Gasteiger partial charge on any atom is -0.350 e. The van der Waals surface area contributed by atoms with E-state index in [0.717, 1.165) is 52.8 Å². The Morgan fingerprint density at radius 2 is 2.05 bits per heavy atom. The van der Waals surface area contributed by atoms with E-state index >= 15 is 0 Å². The Balaban J connectivity index is 2.00. The quantitative estimate of drug-likeness (QED) is 0.846. The van der Waals surface area contributed by atoms with Crippen LogP contribution in [-0.2, 0) is 0 Å². The van der Waals surface area contributed by atoms with Gasteiger partial charge in [0.1, 0.15) is 5.69 Å². The molecular weight excluding hydrogens is 306 g/mol. The van der Waals surface area contributed by atoms with Crippen LogP contribution in [0.4, 0.5) is 0 Å². The van der Waals surface area contributed by atoms with Gasteiger partial charge in [-0.3, -0.25) is 4.79 Å². The number of nitrogens with zero attached hydrogens (tertiary/aromatic N) is 1. The van der Waals surface area contributed by atoms with E-state index in [1.807, 2.05) is 24.0 Å². The van der Waals surface area contributed by atoms with Crippen LogP contribution in [0.1, 0.15) is 16.1 Å². The normalized spacial score (nSPS) is 16.0. The zero-order chi connectivity index (χ0) is 13.4. The number of halogens is 1. The van der Waals surface area contributed by atoms with E-state index in [1.165, 1.54) is 0 Å². The van der Waals surface area contributed by atoms with Gasteiger partial charge in [0.05, 0.1) is 0 Å². The summed E-state index contributed by atoms with van der Waals surface area (Å²) in [6, 6.07) is 6.04. The van der Waals surface area contributed by atoms with E-state index in [-0.39, 0.29) is 5.91 Å². The molecule has 1 amide bonds. The van der Waals surface area contributed by atoms with E-state index in [1.54, 1.807) is 0 Å². The SMILES string of the molecule is Cc1c(C(=O)N2CCNCC2)[nH]c2ccc(Br)cc12. The molecule has 2 aromatic rings. The van der Waals surface area contributed by atoms with Crippen molar-refractivity contribution >= 4 is 32.7 Å². The molecule has 0 spiro atoms. The molecule has 1 aromatic carbocycles. The van der Waals surface area contributed by atoms with E-state index in [2.05, 4.69) is 32.3 Å². The van der Waals surface area contributed by atoms with Crippen LogP contribution in [0.3, 0.4) is 0 Å². The van der Waals surface area contributed by atoms with Crippen molar-refractivity contribution in [3.05, 3.63) is 33.9 Å². The van der Waals surface area contributed by atoms with Crippen LogP contribution in [0, 0.1) is 6.92 Å². The second kappa shape index (κ2) is 4.98. The fourth-order valence-electron chi connectivity index (χ4n) is 2.54. The molecule has 0 unspecified atom stereocenters. The second-order valence-electron chi connectivity index (χ2n) is 4.86. The standard InChI is InChI=1S/C14H16BrN3O/c1-9-11-8-10(15)2-3-12(11)17-13(9)14(19)18-6-4-16-5-7-18/h2-3,8,16-17H,4-7H2,1H3. The number of aromatic amines is 1. The third-order valence-corrected chi connectivity index (χ3v) is 4.13. The monoisotopic (exact) mass is 321 g/mol. The number of fused-ring (bicyclic) bond motifs is 1. The summed E-state index contributed by atoms with van der Waals surface area (Å²) < 4.78 is 1.03. The summed E-state index contributed by atoms with van der Waals surface area (Å²) in [5.74, 6) is 0.103. The van der Waals surface area contributed by atoms with Crippen molar-refractivity contribution in [2.45, 2.75) is 6.92 Å². The number of carbonyl (C=O) groups is 1. The minimum absolute atomic E-state index is 0.103. The maximum atomic E-state index is 12.5. The lowest BCUT2D eigenvalue weighted by Gasteiger charge is -2.27. The number of rotatable bonds is 1. The number of H-pyrrole nitrogens is 1. The Morgan fingerprint density at radius 1 is 1.32 bits per heavy atom. The molecule has 2 heterocycles. The Hall–Kier alpha value is -1.33. The van der Waals surface area contributed by atoms with Gasteiger partial charge in [-0.25, -0.2) is 0 Å². The number of aryl methyl sites for hydroxylation is 1. The largest absolute Gasteiger partial charge is 0.350 e. The fraction of sp³-hybridized carbons (Fsp3) is 0.357. The molecular formula is C14H16BrN3O. The van der Waals surface area contributed by atoms with Crippen molar-refractivity contribution < 1.29 is 4.79 Å². The highest BCUT2D eigenvalue weighted by Gasteiger charge is 2.22. The van der Waals surface area contributed by atoms with Gasteiger partial charge in [-0.1, -0.05) is 15.9 Å². The number of nitrogens with one attached hydrogen (secondary N) is 2. The van der Waals surface area contributed by atoms with Gasteiger partial charge >= 0.3 is 0 Å². The van der Waals surface area contributed by atoms with Crippen molar-refractivity contribution in [1.82, 2.24) is 15.2 Å². The Morgan fingerprint density at radius 3 is 2.79 bits per heavy atom. The number of hydrogen-bond acceptors (Lipinski definition) is 2. The lowest BCUT2D eigenvalue weighted by atomic mass is 10.1. The molecule has 0 saturated carbocycles. The molecule has 0 aliphatic carbocycles. The van der Waals surface area contributed by atoms with Crippen molar-refractivity contribution in [3.8, 4) is 0 Å². The molecule has 0 bridgehead atoms. The van der Waals surface area contributed by atoms with Gasteiger partial charge < -0.3 is 15.2 Å². The molecule has 0 atom stereocenters. The van der Waals surface area contributed by atoms with Crippen LogP contribution < -0.4 is 5.32 Å². The number of aromatic nitrogens is 1. The molecule has 5 heteroatoms. The Kier molecular flexibility index (Phi) is 3.33. The van der Waals surface area contributed by atoms with Crippen LogP contribution in [0.2, 0.25) is 0 Å². The smallest absolute Gasteiger partial charge is 0.270 e. The van der Waals surface area contributed by atoms with Gasteiger partial charge in [-0.15, -0.1) is 0 Å². The summed E-state index contributed by atoms with van der Waals surface area (Å²) in [6.45, 7) is 5.29. The maximum Gasteiger partial charge on any atom is 0.270 e. The predicted molar refractivity (Wildman–Crippen MR) is 79.5 cm³/mol. The van der Waals surface area contributed by atoms with Gasteiger partial charge in [0.25, 0.3) is 5.91 Å². The molecule has 100 valence electrons. The third-order valence-electron chi connectivity index (χ3n) is 3.64. The minimum atomic E-state index is 0.103. The summed E-state index contributed by atoms with van der Waals surface area (Å²) in [5.41, 5.74) is 2.76. The summed E-state index contributed by atoms with van der Waals surface area (Å²) in [5, 5.41) is 4.36. The lowest BCUT2D eigenvalue weighted by Crippen LogP contribution is -2.46. The van der Waals surface area contributed by atoms with E-state index in [9.17, 15) is 4.79 Å². The predicted octanol–water partition coefficient (Wildman–Crippen LogP) is 2.28. The van der Waals surface area contributed by atoms with Crippen LogP contribution in [0.25, 0.3) is 10.9 Å². The van der Waals surface area contributed by atoms with Gasteiger partial charge in [-0.2, -0.15) is 0 Å². The molecule has 1 aliphatic rings. The molecule has 4 nitrogen and oxygen atoms in total. The molecule has 19 heavy (non-hydrogen) atoms. The topological polar surface area (TPSA) is 48.1 Å². The van der Waals surface area contributed by atoms with Gasteiger partial charge in [0.2, 0.25) is 0 Å². The molecule has 1 aromatic heterocycles. The first kappa shape index (κ1) is 12.7. The number of piperazine rings is 1. The summed E-state index contributed by atoms with van der Waals surface area (Å²) >= 11 is 3.47. The van der Waals surface area contributed by atoms with Gasteiger partial charge in [0.15, 0.2) is 0 Å². The van der Waals surface area contributed by atoms with Crippen molar-refractivity contribution in [3.63, 3.8) is 0 Å². The van der Waals surface area contributed by atoms with Crippen LogP contribution in [-0.4, -0.2) is 42.0 Å². The zero-order valence-corrected chi connectivity index (χ0v) is 12.4. The average molecular weight is 322 g/mol. The fourth-order valence-corrected chi connectivity index (χ4v) is 2.90. The van der Waals surface area contributed by atoms with Crippen molar-refractivity contribution in [2.75, 3.05) is 26.2 Å². The van der Waals surface area contributed by atoms with Gasteiger partial charge in [0, 0.05) is 41.6 Å². The average Bonchev–Trinajstić information content (AvgIpc) is 2.76. The highest BCUT2D eigenvalue weighted by Crippen LogP contribution is 2.26. The van der Waals surface area contributed by atoms with Crippen molar-refractivity contribution in [1.29, 1.82) is 0 Å². The number of carbonyl (C=O) groups excluding carboxylic acids is 1. The highest BCUT2D eigenvalue weighted by atomic mass is 79.9. The van der Waals surface area contributed by atoms with Crippen LogP contribution >= 0.6 is 15.9 Å². The molecule has 1 aliphatic heterocycles. The number of hydrogen-bond donors (Lipinski definition) is 2. The van der Waals surface area contributed by atoms with E-state index in [4.69, 9.17) is 0 Å². The van der Waals surface area contributed by atoms with Crippen LogP contribution in [0.5, 0.6) is 0 Å². The second-order valence-corrected chi connectivity index (χ2v) is 5.77. The van der Waals surface area contributed by atoms with Gasteiger partial charge in [-0.05, 0) is 30.7 Å². The number of amides is 1. The summed E-state index contributed by atoms with van der Waals surface area (Å²) in [4.78, 5) is 17.7. The zero-order valence-electron chi connectivity index (χ0n) is 10.8. The van der Waals surface area contributed by atoms with E-state index < -0.39 is 0 Å². The molecule has 1 fully saturated rings. The molecule has 1 saturated heterocycles.